The zero-order valence-electron chi connectivity index (χ0n) is 14.8. The third-order valence-corrected chi connectivity index (χ3v) is 5.70. The summed E-state index contributed by atoms with van der Waals surface area (Å²) in [5.74, 6) is -0.584. The van der Waals surface area contributed by atoms with E-state index in [1.807, 2.05) is 0 Å². The Morgan fingerprint density at radius 1 is 1.04 bits per heavy atom. The molecule has 2 aromatic rings. The van der Waals surface area contributed by atoms with Gasteiger partial charge in [0.15, 0.2) is 5.78 Å². The van der Waals surface area contributed by atoms with Gasteiger partial charge in [-0.1, -0.05) is 25.5 Å². The molecule has 26 heavy (non-hydrogen) atoms. The Balaban J connectivity index is 2.01. The van der Waals surface area contributed by atoms with Gasteiger partial charge in [0.25, 0.3) is 0 Å². The van der Waals surface area contributed by atoms with Gasteiger partial charge in [-0.15, -0.1) is 0 Å². The van der Waals surface area contributed by atoms with Crippen LogP contribution in [0.4, 0.5) is 0 Å². The maximum atomic E-state index is 13.1. The van der Waals surface area contributed by atoms with Crippen LogP contribution in [0.3, 0.4) is 0 Å². The molecule has 2 aliphatic carbocycles. The molecule has 0 saturated heterocycles. The van der Waals surface area contributed by atoms with E-state index in [1.54, 1.807) is 18.2 Å². The number of aromatic hydroxyl groups is 2. The van der Waals surface area contributed by atoms with E-state index >= 15 is 0 Å². The number of ketones is 2. The minimum Gasteiger partial charge on any atom is -0.507 e. The molecule has 5 nitrogen and oxygen atoms in total. The van der Waals surface area contributed by atoms with E-state index in [9.17, 15) is 19.8 Å². The number of fused-ring (bicyclic) bond motifs is 3. The van der Waals surface area contributed by atoms with Crippen LogP contribution in [-0.4, -0.2) is 28.9 Å². The quantitative estimate of drug-likeness (QED) is 0.691. The first-order valence-electron chi connectivity index (χ1n) is 8.85. The van der Waals surface area contributed by atoms with Crippen LogP contribution in [0.25, 0.3) is 0 Å². The van der Waals surface area contributed by atoms with Crippen LogP contribution in [0.5, 0.6) is 17.2 Å². The molecule has 4 rings (SSSR count). The fraction of sp³-hybridized carbons (Fsp3) is 0.333. The lowest BCUT2D eigenvalue weighted by Gasteiger charge is -2.29. The average Bonchev–Trinajstić information content (AvgIpc) is 2.67. The Bertz CT molecular complexity index is 958. The minimum absolute atomic E-state index is 0.0799. The molecule has 0 aromatic heterocycles. The van der Waals surface area contributed by atoms with E-state index in [0.717, 1.165) is 12.8 Å². The van der Waals surface area contributed by atoms with Crippen LogP contribution in [0.15, 0.2) is 18.2 Å². The lowest BCUT2D eigenvalue weighted by atomic mass is 9.75. The highest BCUT2D eigenvalue weighted by atomic mass is 16.5. The molecule has 0 radical (unpaired) electrons. The van der Waals surface area contributed by atoms with Gasteiger partial charge in [-0.05, 0) is 31.2 Å². The third-order valence-electron chi connectivity index (χ3n) is 5.70. The maximum Gasteiger partial charge on any atom is 0.202 e. The van der Waals surface area contributed by atoms with Gasteiger partial charge in [-0.25, -0.2) is 0 Å². The summed E-state index contributed by atoms with van der Waals surface area (Å²) >= 11 is 0. The topological polar surface area (TPSA) is 83.8 Å². The minimum atomic E-state index is -0.486. The second kappa shape index (κ2) is 5.87. The summed E-state index contributed by atoms with van der Waals surface area (Å²) in [5.41, 5.74) is 1.35. The highest BCUT2D eigenvalue weighted by molar-refractivity contribution is 6.31. The van der Waals surface area contributed by atoms with Crippen LogP contribution in [0.2, 0.25) is 0 Å². The predicted molar refractivity (Wildman–Crippen MR) is 95.4 cm³/mol. The number of ether oxygens (including phenoxy) is 1. The van der Waals surface area contributed by atoms with Gasteiger partial charge < -0.3 is 14.9 Å². The fourth-order valence-corrected chi connectivity index (χ4v) is 4.23. The number of methoxy groups -OCH3 is 1. The van der Waals surface area contributed by atoms with Crippen LogP contribution in [-0.2, 0) is 12.8 Å². The Labute approximate surface area is 151 Å². The van der Waals surface area contributed by atoms with E-state index in [-0.39, 0.29) is 39.5 Å². The van der Waals surface area contributed by atoms with Crippen LogP contribution in [0.1, 0.15) is 62.7 Å². The van der Waals surface area contributed by atoms with Crippen molar-refractivity contribution in [2.75, 3.05) is 7.11 Å². The number of phenolic OH excluding ortho intramolecular Hbond substituents is 2. The number of benzene rings is 2. The number of hydrogen-bond donors (Lipinski definition) is 2. The highest BCUT2D eigenvalue weighted by Crippen LogP contribution is 2.47. The summed E-state index contributed by atoms with van der Waals surface area (Å²) in [6, 6.07) is 4.79. The second-order valence-electron chi connectivity index (χ2n) is 6.96. The standard InChI is InChI=1S/C21H20O5/c1-3-10-7-8-11-13(9-10)20(24)16-17(18(11)22)21(25)15-12(19(16)23)5-4-6-14(15)26-2/h4-6,10,22,24H,3,7-9H2,1-2H3/t10-/m0/s1. The predicted octanol–water partition coefficient (Wildman–Crippen LogP) is 3.40. The number of phenols is 2. The van der Waals surface area contributed by atoms with Crippen molar-refractivity contribution in [3.05, 3.63) is 51.6 Å². The molecule has 0 amide bonds. The third kappa shape index (κ3) is 2.09. The molecular weight excluding hydrogens is 332 g/mol. The first kappa shape index (κ1) is 16.6. The van der Waals surface area contributed by atoms with Gasteiger partial charge in [-0.3, -0.25) is 9.59 Å². The van der Waals surface area contributed by atoms with E-state index in [0.29, 0.717) is 29.9 Å². The second-order valence-corrected chi connectivity index (χ2v) is 6.96. The monoisotopic (exact) mass is 352 g/mol. The van der Waals surface area contributed by atoms with Crippen molar-refractivity contribution in [2.24, 2.45) is 5.92 Å². The Morgan fingerprint density at radius 2 is 1.73 bits per heavy atom. The molecular formula is C21H20O5. The van der Waals surface area contributed by atoms with Gasteiger partial charge in [0.05, 0.1) is 23.8 Å². The van der Waals surface area contributed by atoms with Crippen molar-refractivity contribution in [3.8, 4) is 17.2 Å². The van der Waals surface area contributed by atoms with Crippen LogP contribution >= 0.6 is 0 Å². The summed E-state index contributed by atoms with van der Waals surface area (Å²) in [6.45, 7) is 2.09. The maximum absolute atomic E-state index is 13.1. The van der Waals surface area contributed by atoms with E-state index < -0.39 is 11.6 Å². The molecule has 0 fully saturated rings. The Kier molecular flexibility index (Phi) is 3.75. The zero-order chi connectivity index (χ0) is 18.6. The summed E-state index contributed by atoms with van der Waals surface area (Å²) in [7, 11) is 1.43. The molecule has 5 heteroatoms. The normalized spacial score (nSPS) is 18.2. The van der Waals surface area contributed by atoms with Gasteiger partial charge in [0.1, 0.15) is 17.2 Å². The first-order chi connectivity index (χ1) is 12.5. The molecule has 134 valence electrons. The number of carbonyl (C=O) groups is 2. The molecule has 0 aliphatic heterocycles. The van der Waals surface area contributed by atoms with Gasteiger partial charge in [0.2, 0.25) is 5.78 Å². The lowest BCUT2D eigenvalue weighted by molar-refractivity contribution is 0.0971. The molecule has 0 bridgehead atoms. The van der Waals surface area contributed by atoms with Gasteiger partial charge in [0, 0.05) is 16.7 Å². The summed E-state index contributed by atoms with van der Waals surface area (Å²) in [6.07, 6.45) is 3.03. The molecule has 2 N–H and O–H groups in total. The SMILES string of the molecule is CC[C@H]1CCc2c(O)c3c(c(O)c2C1)C(=O)c1cccc(OC)c1C3=O. The summed E-state index contributed by atoms with van der Waals surface area (Å²) < 4.78 is 5.24. The molecule has 2 aromatic carbocycles. The molecule has 0 heterocycles. The largest absolute Gasteiger partial charge is 0.507 e. The fourth-order valence-electron chi connectivity index (χ4n) is 4.23. The molecule has 0 unspecified atom stereocenters. The summed E-state index contributed by atoms with van der Waals surface area (Å²) in [4.78, 5) is 26.2. The van der Waals surface area contributed by atoms with Crippen molar-refractivity contribution in [2.45, 2.75) is 32.6 Å². The molecule has 0 saturated carbocycles. The highest BCUT2D eigenvalue weighted by Gasteiger charge is 2.40. The van der Waals surface area contributed by atoms with Gasteiger partial charge >= 0.3 is 0 Å². The van der Waals surface area contributed by atoms with Crippen molar-refractivity contribution in [1.29, 1.82) is 0 Å². The van der Waals surface area contributed by atoms with Crippen molar-refractivity contribution in [1.82, 2.24) is 0 Å². The number of rotatable bonds is 2. The van der Waals surface area contributed by atoms with Crippen molar-refractivity contribution in [3.63, 3.8) is 0 Å². The smallest absolute Gasteiger partial charge is 0.202 e. The Morgan fingerprint density at radius 3 is 2.42 bits per heavy atom. The van der Waals surface area contributed by atoms with E-state index in [4.69, 9.17) is 4.74 Å². The first-order valence-corrected chi connectivity index (χ1v) is 8.85. The molecule has 2 aliphatic rings. The average molecular weight is 352 g/mol. The van der Waals surface area contributed by atoms with Crippen LogP contribution in [0, 0.1) is 5.92 Å². The van der Waals surface area contributed by atoms with Crippen molar-refractivity contribution < 1.29 is 24.5 Å². The molecule has 1 atom stereocenters. The molecule has 0 spiro atoms. The Hall–Kier alpha value is -2.82. The lowest BCUT2D eigenvalue weighted by Crippen LogP contribution is -2.25. The summed E-state index contributed by atoms with van der Waals surface area (Å²) in [5, 5.41) is 21.7. The zero-order valence-corrected chi connectivity index (χ0v) is 14.8. The number of hydrogen-bond acceptors (Lipinski definition) is 5. The van der Waals surface area contributed by atoms with Crippen LogP contribution < -0.4 is 4.74 Å². The van der Waals surface area contributed by atoms with E-state index in [2.05, 4.69) is 6.92 Å². The number of carbonyl (C=O) groups excluding carboxylic acids is 2. The van der Waals surface area contributed by atoms with Crippen molar-refractivity contribution >= 4 is 11.6 Å². The van der Waals surface area contributed by atoms with Gasteiger partial charge in [-0.2, -0.15) is 0 Å². The van der Waals surface area contributed by atoms with E-state index in [1.165, 1.54) is 7.11 Å².